The molecule has 0 aliphatic rings. The van der Waals surface area contributed by atoms with Crippen molar-refractivity contribution in [3.8, 4) is 0 Å². The highest BCUT2D eigenvalue weighted by molar-refractivity contribution is 5.93. The van der Waals surface area contributed by atoms with E-state index in [-0.39, 0.29) is 5.91 Å². The minimum Gasteiger partial charge on any atom is -0.481 e. The molecule has 0 spiro atoms. The van der Waals surface area contributed by atoms with Crippen LogP contribution in [0.15, 0.2) is 24.3 Å². The summed E-state index contributed by atoms with van der Waals surface area (Å²) in [5.74, 6) is -1.48. The van der Waals surface area contributed by atoms with Crippen LogP contribution >= 0.6 is 0 Å². The summed E-state index contributed by atoms with van der Waals surface area (Å²) in [6.45, 7) is 2.41. The highest BCUT2D eigenvalue weighted by atomic mass is 16.4. The molecule has 4 heteroatoms. The van der Waals surface area contributed by atoms with Gasteiger partial charge in [-0.3, -0.25) is 9.59 Å². The summed E-state index contributed by atoms with van der Waals surface area (Å²) in [6, 6.07) is 7.78. The monoisotopic (exact) mass is 221 g/mol. The first-order chi connectivity index (χ1) is 7.49. The Labute approximate surface area is 94.5 Å². The Morgan fingerprint density at radius 2 is 2.06 bits per heavy atom. The first kappa shape index (κ1) is 12.2. The Morgan fingerprint density at radius 1 is 1.38 bits per heavy atom. The van der Waals surface area contributed by atoms with E-state index in [0.29, 0.717) is 6.54 Å². The van der Waals surface area contributed by atoms with E-state index in [9.17, 15) is 9.59 Å². The predicted molar refractivity (Wildman–Crippen MR) is 59.9 cm³/mol. The summed E-state index contributed by atoms with van der Waals surface area (Å²) in [6.07, 6.45) is -0.456. The number of amides is 1. The van der Waals surface area contributed by atoms with Gasteiger partial charge in [0.05, 0.1) is 0 Å². The smallest absolute Gasteiger partial charge is 0.312 e. The van der Waals surface area contributed by atoms with E-state index in [2.05, 4.69) is 0 Å². The molecule has 1 N–H and O–H groups in total. The van der Waals surface area contributed by atoms with Crippen molar-refractivity contribution >= 4 is 11.9 Å². The Morgan fingerprint density at radius 3 is 2.62 bits per heavy atom. The number of carboxylic acid groups (broad SMARTS) is 1. The highest BCUT2D eigenvalue weighted by Crippen LogP contribution is 2.07. The topological polar surface area (TPSA) is 57.6 Å². The second-order valence-corrected chi connectivity index (χ2v) is 3.81. The van der Waals surface area contributed by atoms with Crippen molar-refractivity contribution in [3.05, 3.63) is 35.4 Å². The van der Waals surface area contributed by atoms with Crippen LogP contribution in [0.1, 0.15) is 17.5 Å². The molecule has 1 amide bonds. The lowest BCUT2D eigenvalue weighted by Gasteiger charge is -2.16. The average Bonchev–Trinajstić information content (AvgIpc) is 2.16. The average molecular weight is 221 g/mol. The maximum absolute atomic E-state index is 11.4. The van der Waals surface area contributed by atoms with Crippen molar-refractivity contribution in [2.45, 2.75) is 19.9 Å². The van der Waals surface area contributed by atoms with Gasteiger partial charge in [0, 0.05) is 13.6 Å². The van der Waals surface area contributed by atoms with E-state index >= 15 is 0 Å². The van der Waals surface area contributed by atoms with Crippen LogP contribution in [0, 0.1) is 6.92 Å². The Bertz CT molecular complexity index is 401. The number of hydrogen-bond acceptors (Lipinski definition) is 2. The van der Waals surface area contributed by atoms with Crippen molar-refractivity contribution in [3.63, 3.8) is 0 Å². The van der Waals surface area contributed by atoms with Crippen LogP contribution in [0.4, 0.5) is 0 Å². The molecule has 0 heterocycles. The van der Waals surface area contributed by atoms with Crippen molar-refractivity contribution < 1.29 is 14.7 Å². The molecule has 1 aromatic carbocycles. The SMILES string of the molecule is Cc1cccc(CN(C)C(=O)CC(=O)O)c1. The lowest BCUT2D eigenvalue weighted by molar-refractivity contribution is -0.143. The molecule has 86 valence electrons. The lowest BCUT2D eigenvalue weighted by atomic mass is 10.1. The molecule has 0 aliphatic carbocycles. The Hall–Kier alpha value is -1.84. The molecular weight excluding hydrogens is 206 g/mol. The fraction of sp³-hybridized carbons (Fsp3) is 0.333. The van der Waals surface area contributed by atoms with E-state index in [4.69, 9.17) is 5.11 Å². The fourth-order valence-corrected chi connectivity index (χ4v) is 1.44. The van der Waals surface area contributed by atoms with Crippen LogP contribution in [0.3, 0.4) is 0 Å². The third-order valence-electron chi connectivity index (χ3n) is 2.23. The quantitative estimate of drug-likeness (QED) is 0.782. The molecule has 16 heavy (non-hydrogen) atoms. The minimum absolute atomic E-state index is 0.381. The largest absolute Gasteiger partial charge is 0.481 e. The molecule has 4 nitrogen and oxygen atoms in total. The summed E-state index contributed by atoms with van der Waals surface area (Å²) < 4.78 is 0. The third-order valence-corrected chi connectivity index (χ3v) is 2.23. The summed E-state index contributed by atoms with van der Waals surface area (Å²) in [4.78, 5) is 23.2. The highest BCUT2D eigenvalue weighted by Gasteiger charge is 2.12. The Kier molecular flexibility index (Phi) is 4.05. The number of nitrogens with zero attached hydrogens (tertiary/aromatic N) is 1. The first-order valence-electron chi connectivity index (χ1n) is 5.00. The van der Waals surface area contributed by atoms with Crippen LogP contribution < -0.4 is 0 Å². The van der Waals surface area contributed by atoms with Gasteiger partial charge in [0.2, 0.25) is 5.91 Å². The maximum Gasteiger partial charge on any atom is 0.312 e. The van der Waals surface area contributed by atoms with Crippen molar-refractivity contribution in [2.75, 3.05) is 7.05 Å². The second-order valence-electron chi connectivity index (χ2n) is 3.81. The number of carbonyl (C=O) groups excluding carboxylic acids is 1. The van der Waals surface area contributed by atoms with Crippen LogP contribution in [0.2, 0.25) is 0 Å². The molecule has 0 bridgehead atoms. The standard InChI is InChI=1S/C12H15NO3/c1-9-4-3-5-10(6-9)8-13(2)11(14)7-12(15)16/h3-6H,7-8H2,1-2H3,(H,15,16). The van der Waals surface area contributed by atoms with E-state index in [1.165, 1.54) is 4.90 Å². The van der Waals surface area contributed by atoms with Crippen LogP contribution in [-0.4, -0.2) is 28.9 Å². The van der Waals surface area contributed by atoms with Crippen LogP contribution in [-0.2, 0) is 16.1 Å². The molecule has 0 aliphatic heterocycles. The number of hydrogen-bond donors (Lipinski definition) is 1. The zero-order valence-electron chi connectivity index (χ0n) is 9.43. The second kappa shape index (κ2) is 5.30. The predicted octanol–water partition coefficient (Wildman–Crippen LogP) is 1.43. The normalized spacial score (nSPS) is 9.88. The van der Waals surface area contributed by atoms with Crippen molar-refractivity contribution in [1.82, 2.24) is 4.90 Å². The zero-order valence-corrected chi connectivity index (χ0v) is 9.43. The summed E-state index contributed by atoms with van der Waals surface area (Å²) in [5.41, 5.74) is 2.12. The van der Waals surface area contributed by atoms with Gasteiger partial charge in [-0.05, 0) is 12.5 Å². The molecule has 0 fully saturated rings. The van der Waals surface area contributed by atoms with Gasteiger partial charge < -0.3 is 10.0 Å². The zero-order chi connectivity index (χ0) is 12.1. The molecular formula is C12H15NO3. The van der Waals surface area contributed by atoms with E-state index in [0.717, 1.165) is 11.1 Å². The molecule has 0 saturated heterocycles. The fourth-order valence-electron chi connectivity index (χ4n) is 1.44. The van der Waals surface area contributed by atoms with E-state index in [1.807, 2.05) is 31.2 Å². The number of aliphatic carboxylic acids is 1. The van der Waals surface area contributed by atoms with Gasteiger partial charge in [0.15, 0.2) is 0 Å². The summed E-state index contributed by atoms with van der Waals surface area (Å²) in [7, 11) is 1.60. The summed E-state index contributed by atoms with van der Waals surface area (Å²) in [5, 5.41) is 8.50. The number of carboxylic acids is 1. The lowest BCUT2D eigenvalue weighted by Crippen LogP contribution is -2.28. The number of carbonyl (C=O) groups is 2. The summed E-state index contributed by atoms with van der Waals surface area (Å²) >= 11 is 0. The van der Waals surface area contributed by atoms with Gasteiger partial charge in [-0.2, -0.15) is 0 Å². The molecule has 0 aromatic heterocycles. The molecule has 0 atom stereocenters. The van der Waals surface area contributed by atoms with Crippen molar-refractivity contribution in [1.29, 1.82) is 0 Å². The van der Waals surface area contributed by atoms with E-state index in [1.54, 1.807) is 7.05 Å². The maximum atomic E-state index is 11.4. The van der Waals surface area contributed by atoms with Crippen molar-refractivity contribution in [2.24, 2.45) is 0 Å². The number of benzene rings is 1. The van der Waals surface area contributed by atoms with Gasteiger partial charge in [-0.25, -0.2) is 0 Å². The molecule has 1 aromatic rings. The minimum atomic E-state index is -1.10. The Balaban J connectivity index is 2.60. The van der Waals surface area contributed by atoms with Gasteiger partial charge in [-0.1, -0.05) is 29.8 Å². The number of aryl methyl sites for hydroxylation is 1. The molecule has 0 saturated carbocycles. The van der Waals surface area contributed by atoms with Gasteiger partial charge in [-0.15, -0.1) is 0 Å². The first-order valence-corrected chi connectivity index (χ1v) is 5.00. The van der Waals surface area contributed by atoms with Crippen LogP contribution in [0.25, 0.3) is 0 Å². The molecule has 0 unspecified atom stereocenters. The van der Waals surface area contributed by atoms with Gasteiger partial charge in [0.1, 0.15) is 6.42 Å². The van der Waals surface area contributed by atoms with Gasteiger partial charge >= 0.3 is 5.97 Å². The van der Waals surface area contributed by atoms with Gasteiger partial charge in [0.25, 0.3) is 0 Å². The third kappa shape index (κ3) is 3.73. The molecule has 1 rings (SSSR count). The molecule has 0 radical (unpaired) electrons. The van der Waals surface area contributed by atoms with E-state index < -0.39 is 12.4 Å². The number of rotatable bonds is 4. The van der Waals surface area contributed by atoms with Crippen LogP contribution in [0.5, 0.6) is 0 Å².